The van der Waals surface area contributed by atoms with Crippen molar-refractivity contribution in [2.24, 2.45) is 5.92 Å². The van der Waals surface area contributed by atoms with Crippen LogP contribution in [0.1, 0.15) is 57.5 Å². The topological polar surface area (TPSA) is 17.8 Å². The van der Waals surface area contributed by atoms with Crippen LogP contribution in [0.4, 0.5) is 0 Å². The summed E-state index contributed by atoms with van der Waals surface area (Å²) in [6.45, 7) is 17.7. The van der Waals surface area contributed by atoms with E-state index in [4.69, 9.17) is 4.98 Å². The van der Waals surface area contributed by atoms with Crippen LogP contribution in [0.25, 0.3) is 17.1 Å². The molecule has 0 bridgehead atoms. The molecule has 0 fully saturated rings. The second-order valence-corrected chi connectivity index (χ2v) is 7.46. The SMILES string of the molecule is C=C(C)/C=C\C(=C/C)Cn1c(/C=C/C(CC)CC)nc2cc(C)c(C)cc21. The molecule has 0 atom stereocenters. The van der Waals surface area contributed by atoms with Crippen LogP contribution in [0.3, 0.4) is 0 Å². The van der Waals surface area contributed by atoms with Crippen molar-refractivity contribution in [3.05, 3.63) is 71.1 Å². The second kappa shape index (κ2) is 9.55. The van der Waals surface area contributed by atoms with E-state index in [1.807, 2.05) is 6.92 Å². The van der Waals surface area contributed by atoms with Crippen LogP contribution in [0.5, 0.6) is 0 Å². The fourth-order valence-electron chi connectivity index (χ4n) is 3.15. The lowest BCUT2D eigenvalue weighted by molar-refractivity contribution is 0.608. The number of hydrogen-bond acceptors (Lipinski definition) is 1. The highest BCUT2D eigenvalue weighted by Crippen LogP contribution is 2.24. The van der Waals surface area contributed by atoms with Gasteiger partial charge in [0.2, 0.25) is 0 Å². The molecular weight excluding hydrogens is 328 g/mol. The molecule has 0 aliphatic rings. The predicted molar refractivity (Wildman–Crippen MR) is 120 cm³/mol. The molecule has 144 valence electrons. The highest BCUT2D eigenvalue weighted by molar-refractivity contribution is 5.80. The Balaban J connectivity index is 2.54. The summed E-state index contributed by atoms with van der Waals surface area (Å²) >= 11 is 0. The molecule has 2 nitrogen and oxygen atoms in total. The lowest BCUT2D eigenvalue weighted by atomic mass is 10.0. The fraction of sp³-hybridized carbons (Fsp3) is 0.400. The Morgan fingerprint density at radius 2 is 1.81 bits per heavy atom. The summed E-state index contributed by atoms with van der Waals surface area (Å²) < 4.78 is 2.33. The Morgan fingerprint density at radius 1 is 1.15 bits per heavy atom. The van der Waals surface area contributed by atoms with Crippen molar-refractivity contribution in [3.63, 3.8) is 0 Å². The van der Waals surface area contributed by atoms with Crippen molar-refractivity contribution < 1.29 is 0 Å². The fourth-order valence-corrected chi connectivity index (χ4v) is 3.15. The molecule has 2 heteroatoms. The van der Waals surface area contributed by atoms with Crippen molar-refractivity contribution in [2.75, 3.05) is 0 Å². The molecule has 1 aromatic heterocycles. The number of nitrogens with zero attached hydrogens (tertiary/aromatic N) is 2. The standard InChI is InChI=1S/C25H34N2/c1-8-21(9-2)13-14-25-26-23-15-19(6)20(7)16-24(23)27(25)17-22(10-3)12-11-18(4)5/h10-16,21H,4,8-9,17H2,1-3,5-7H3/b12-11-,14-13+,22-10+. The summed E-state index contributed by atoms with van der Waals surface area (Å²) in [5.41, 5.74) is 7.18. The maximum absolute atomic E-state index is 4.95. The molecule has 2 rings (SSSR count). The molecule has 1 aromatic carbocycles. The zero-order chi connectivity index (χ0) is 20.0. The van der Waals surface area contributed by atoms with Gasteiger partial charge in [-0.05, 0) is 81.4 Å². The second-order valence-electron chi connectivity index (χ2n) is 7.46. The minimum atomic E-state index is 0.603. The lowest BCUT2D eigenvalue weighted by Crippen LogP contribution is -2.03. The lowest BCUT2D eigenvalue weighted by Gasteiger charge is -2.10. The molecule has 1 heterocycles. The van der Waals surface area contributed by atoms with Gasteiger partial charge in [0.25, 0.3) is 0 Å². The van der Waals surface area contributed by atoms with Gasteiger partial charge in [0.05, 0.1) is 11.0 Å². The van der Waals surface area contributed by atoms with E-state index in [0.717, 1.165) is 36.3 Å². The molecule has 0 saturated carbocycles. The Labute approximate surface area is 165 Å². The highest BCUT2D eigenvalue weighted by atomic mass is 15.1. The normalized spacial score (nSPS) is 12.9. The number of rotatable bonds is 8. The third-order valence-electron chi connectivity index (χ3n) is 5.25. The summed E-state index contributed by atoms with van der Waals surface area (Å²) in [5, 5.41) is 0. The van der Waals surface area contributed by atoms with E-state index in [9.17, 15) is 0 Å². The monoisotopic (exact) mass is 362 g/mol. The number of imidazole rings is 1. The molecule has 0 unspecified atom stereocenters. The van der Waals surface area contributed by atoms with Gasteiger partial charge < -0.3 is 4.57 Å². The predicted octanol–water partition coefficient (Wildman–Crippen LogP) is 7.18. The molecule has 0 radical (unpaired) electrons. The molecule has 0 saturated heterocycles. The number of allylic oxidation sites excluding steroid dienone is 6. The summed E-state index contributed by atoms with van der Waals surface area (Å²) in [6.07, 6.45) is 13.2. The van der Waals surface area contributed by atoms with Crippen molar-refractivity contribution in [1.29, 1.82) is 0 Å². The summed E-state index contributed by atoms with van der Waals surface area (Å²) in [7, 11) is 0. The molecule has 0 spiro atoms. The molecular formula is C25H34N2. The number of benzene rings is 1. The van der Waals surface area contributed by atoms with Gasteiger partial charge >= 0.3 is 0 Å². The first-order valence-electron chi connectivity index (χ1n) is 10.0. The zero-order valence-electron chi connectivity index (χ0n) is 17.8. The van der Waals surface area contributed by atoms with Crippen LogP contribution in [0.15, 0.2) is 54.2 Å². The molecule has 0 N–H and O–H groups in total. The van der Waals surface area contributed by atoms with Crippen molar-refractivity contribution >= 4 is 17.1 Å². The van der Waals surface area contributed by atoms with E-state index in [0.29, 0.717) is 5.92 Å². The Morgan fingerprint density at radius 3 is 2.41 bits per heavy atom. The van der Waals surface area contributed by atoms with Crippen LogP contribution in [-0.2, 0) is 6.54 Å². The highest BCUT2D eigenvalue weighted by Gasteiger charge is 2.11. The number of aromatic nitrogens is 2. The van der Waals surface area contributed by atoms with E-state index >= 15 is 0 Å². The van der Waals surface area contributed by atoms with Gasteiger partial charge in [0.15, 0.2) is 0 Å². The van der Waals surface area contributed by atoms with Gasteiger partial charge in [0.1, 0.15) is 5.82 Å². The van der Waals surface area contributed by atoms with Crippen LogP contribution in [-0.4, -0.2) is 9.55 Å². The Hall–Kier alpha value is -2.35. The third-order valence-corrected chi connectivity index (χ3v) is 5.25. The molecule has 2 aromatic rings. The van der Waals surface area contributed by atoms with E-state index in [1.165, 1.54) is 22.2 Å². The average molecular weight is 363 g/mol. The van der Waals surface area contributed by atoms with Crippen molar-refractivity contribution in [1.82, 2.24) is 9.55 Å². The maximum Gasteiger partial charge on any atom is 0.133 e. The molecule has 0 aliphatic carbocycles. The summed E-state index contributed by atoms with van der Waals surface area (Å²) in [6, 6.07) is 4.47. The van der Waals surface area contributed by atoms with Crippen molar-refractivity contribution in [2.45, 2.75) is 60.9 Å². The van der Waals surface area contributed by atoms with Gasteiger partial charge in [0, 0.05) is 6.54 Å². The average Bonchev–Trinajstić information content (AvgIpc) is 2.96. The third kappa shape index (κ3) is 5.32. The van der Waals surface area contributed by atoms with Gasteiger partial charge in [-0.15, -0.1) is 0 Å². The summed E-state index contributed by atoms with van der Waals surface area (Å²) in [4.78, 5) is 4.95. The quantitative estimate of drug-likeness (QED) is 0.455. The van der Waals surface area contributed by atoms with E-state index in [1.54, 1.807) is 0 Å². The zero-order valence-corrected chi connectivity index (χ0v) is 17.8. The van der Waals surface area contributed by atoms with Crippen molar-refractivity contribution in [3.8, 4) is 0 Å². The van der Waals surface area contributed by atoms with Gasteiger partial charge in [-0.1, -0.05) is 50.3 Å². The van der Waals surface area contributed by atoms with Gasteiger partial charge in [-0.3, -0.25) is 0 Å². The minimum absolute atomic E-state index is 0.603. The molecule has 27 heavy (non-hydrogen) atoms. The Kier molecular flexibility index (Phi) is 7.41. The number of aryl methyl sites for hydroxylation is 2. The largest absolute Gasteiger partial charge is 0.320 e. The maximum atomic E-state index is 4.95. The van der Waals surface area contributed by atoms with Crippen LogP contribution < -0.4 is 0 Å². The first-order valence-corrected chi connectivity index (χ1v) is 10.0. The van der Waals surface area contributed by atoms with Crippen LogP contribution >= 0.6 is 0 Å². The minimum Gasteiger partial charge on any atom is -0.320 e. The Bertz CT molecular complexity index is 887. The van der Waals surface area contributed by atoms with E-state index in [2.05, 4.69) is 88.3 Å². The van der Waals surface area contributed by atoms with Gasteiger partial charge in [-0.2, -0.15) is 0 Å². The first-order chi connectivity index (χ1) is 12.9. The van der Waals surface area contributed by atoms with Crippen LogP contribution in [0.2, 0.25) is 0 Å². The van der Waals surface area contributed by atoms with Gasteiger partial charge in [-0.25, -0.2) is 4.98 Å². The summed E-state index contributed by atoms with van der Waals surface area (Å²) in [5.74, 6) is 1.64. The number of fused-ring (bicyclic) bond motifs is 1. The first kappa shape index (κ1) is 21.0. The molecule has 0 aliphatic heterocycles. The molecule has 0 amide bonds. The van der Waals surface area contributed by atoms with E-state index in [-0.39, 0.29) is 0 Å². The van der Waals surface area contributed by atoms with Crippen LogP contribution in [0, 0.1) is 19.8 Å². The van der Waals surface area contributed by atoms with E-state index < -0.39 is 0 Å². The smallest absolute Gasteiger partial charge is 0.133 e. The number of hydrogen-bond donors (Lipinski definition) is 0.